The summed E-state index contributed by atoms with van der Waals surface area (Å²) in [5.74, 6) is -0.468. The first-order valence-electron chi connectivity index (χ1n) is 9.19. The molecule has 4 aliphatic rings. The lowest BCUT2D eigenvalue weighted by Gasteiger charge is -2.51. The zero-order chi connectivity index (χ0) is 17.6. The predicted octanol–water partition coefficient (Wildman–Crippen LogP) is 3.32. The average Bonchev–Trinajstić information content (AvgIpc) is 3.03. The highest BCUT2D eigenvalue weighted by molar-refractivity contribution is 5.79. The van der Waals surface area contributed by atoms with Crippen molar-refractivity contribution >= 4 is 5.91 Å². The molecule has 3 nitrogen and oxygen atoms in total. The van der Waals surface area contributed by atoms with E-state index in [1.54, 1.807) is 0 Å². The van der Waals surface area contributed by atoms with Gasteiger partial charge in [0.05, 0.1) is 6.04 Å². The third-order valence-electron chi connectivity index (χ3n) is 6.16. The van der Waals surface area contributed by atoms with E-state index in [1.165, 1.54) is 12.1 Å². The third kappa shape index (κ3) is 2.88. The number of benzene rings is 1. The van der Waals surface area contributed by atoms with E-state index in [4.69, 9.17) is 0 Å². The maximum absolute atomic E-state index is 13.8. The summed E-state index contributed by atoms with van der Waals surface area (Å²) in [5, 5.41) is 0. The minimum atomic E-state index is -0.541. The number of likely N-dealkylation sites (tertiary alicyclic amines) is 1. The van der Waals surface area contributed by atoms with Gasteiger partial charge in [-0.2, -0.15) is 0 Å². The maximum Gasteiger partial charge on any atom is 0.226 e. The van der Waals surface area contributed by atoms with Gasteiger partial charge in [0.1, 0.15) is 11.6 Å². The predicted molar refractivity (Wildman–Crippen MR) is 92.1 cm³/mol. The number of piperidine rings is 3. The number of halogens is 2. The summed E-state index contributed by atoms with van der Waals surface area (Å²) in [7, 11) is 0. The molecule has 2 bridgehead atoms. The SMILES string of the molecule is C/C=C/CC(=O)N1C[C@@H](c2cc(F)cc(F)c2)[C@@H]2[C@H]1C1CCN2CC1. The molecule has 5 heteroatoms. The molecule has 0 aliphatic carbocycles. The Hall–Kier alpha value is -1.75. The van der Waals surface area contributed by atoms with Gasteiger partial charge < -0.3 is 4.90 Å². The first-order valence-corrected chi connectivity index (χ1v) is 9.19. The molecule has 4 aliphatic heterocycles. The van der Waals surface area contributed by atoms with Crippen LogP contribution in [-0.2, 0) is 4.79 Å². The highest BCUT2D eigenvalue weighted by Gasteiger charge is 2.54. The largest absolute Gasteiger partial charge is 0.337 e. The summed E-state index contributed by atoms with van der Waals surface area (Å²) in [6.45, 7) is 4.52. The fourth-order valence-electron chi connectivity index (χ4n) is 5.12. The second kappa shape index (κ2) is 6.52. The molecular weight excluding hydrogens is 322 g/mol. The van der Waals surface area contributed by atoms with Gasteiger partial charge in [0, 0.05) is 31.0 Å². The quantitative estimate of drug-likeness (QED) is 0.784. The van der Waals surface area contributed by atoms with Crippen LogP contribution in [0.1, 0.15) is 37.7 Å². The van der Waals surface area contributed by atoms with Gasteiger partial charge in [-0.1, -0.05) is 12.2 Å². The van der Waals surface area contributed by atoms with Crippen LogP contribution < -0.4 is 0 Å². The topological polar surface area (TPSA) is 23.6 Å². The molecule has 0 unspecified atom stereocenters. The van der Waals surface area contributed by atoms with Crippen LogP contribution in [0.15, 0.2) is 30.4 Å². The molecule has 1 amide bonds. The van der Waals surface area contributed by atoms with Crippen molar-refractivity contribution < 1.29 is 13.6 Å². The third-order valence-corrected chi connectivity index (χ3v) is 6.16. The molecule has 4 fully saturated rings. The van der Waals surface area contributed by atoms with Crippen molar-refractivity contribution in [2.24, 2.45) is 5.92 Å². The number of amides is 1. The smallest absolute Gasteiger partial charge is 0.226 e. The normalized spacial score (nSPS) is 33.9. The lowest BCUT2D eigenvalue weighted by Crippen LogP contribution is -2.60. The Morgan fingerprint density at radius 1 is 1.16 bits per heavy atom. The lowest BCUT2D eigenvalue weighted by molar-refractivity contribution is -0.135. The lowest BCUT2D eigenvalue weighted by atomic mass is 9.75. The Morgan fingerprint density at radius 2 is 1.84 bits per heavy atom. The summed E-state index contributed by atoms with van der Waals surface area (Å²) in [5.41, 5.74) is 0.682. The number of carbonyl (C=O) groups is 1. The number of hydrogen-bond donors (Lipinski definition) is 0. The van der Waals surface area contributed by atoms with Crippen LogP contribution in [-0.4, -0.2) is 47.4 Å². The van der Waals surface area contributed by atoms with Crippen LogP contribution in [0.3, 0.4) is 0 Å². The molecule has 0 radical (unpaired) electrons. The molecule has 25 heavy (non-hydrogen) atoms. The van der Waals surface area contributed by atoms with Gasteiger partial charge in [0.2, 0.25) is 5.91 Å². The van der Waals surface area contributed by atoms with Crippen LogP contribution in [0.5, 0.6) is 0 Å². The van der Waals surface area contributed by atoms with E-state index in [0.717, 1.165) is 32.0 Å². The average molecular weight is 346 g/mol. The summed E-state index contributed by atoms with van der Waals surface area (Å²) < 4.78 is 27.5. The highest BCUT2D eigenvalue weighted by atomic mass is 19.1. The number of hydrogen-bond acceptors (Lipinski definition) is 2. The van der Waals surface area contributed by atoms with E-state index in [1.807, 2.05) is 24.0 Å². The summed E-state index contributed by atoms with van der Waals surface area (Å²) in [6, 6.07) is 4.15. The van der Waals surface area contributed by atoms with Gasteiger partial charge in [-0.05, 0) is 56.5 Å². The van der Waals surface area contributed by atoms with Crippen molar-refractivity contribution in [1.29, 1.82) is 0 Å². The Bertz CT molecular complexity index is 677. The summed E-state index contributed by atoms with van der Waals surface area (Å²) in [4.78, 5) is 17.2. The zero-order valence-corrected chi connectivity index (χ0v) is 14.5. The number of carbonyl (C=O) groups excluding carboxylic acids is 1. The maximum atomic E-state index is 13.8. The van der Waals surface area contributed by atoms with Gasteiger partial charge in [0.15, 0.2) is 0 Å². The molecule has 4 saturated heterocycles. The van der Waals surface area contributed by atoms with Crippen LogP contribution in [0, 0.1) is 17.6 Å². The highest BCUT2D eigenvalue weighted by Crippen LogP contribution is 2.46. The second-order valence-corrected chi connectivity index (χ2v) is 7.48. The number of fused-ring (bicyclic) bond motifs is 2. The molecule has 1 aromatic rings. The van der Waals surface area contributed by atoms with Crippen molar-refractivity contribution in [2.45, 2.75) is 44.2 Å². The van der Waals surface area contributed by atoms with Crippen molar-refractivity contribution in [1.82, 2.24) is 9.80 Å². The summed E-state index contributed by atoms with van der Waals surface area (Å²) in [6.07, 6.45) is 6.39. The standard InChI is InChI=1S/C20H24F2N2O/c1-2-3-4-18(25)24-12-17(14-9-15(21)11-16(22)10-14)20-19(24)13-5-7-23(20)8-6-13/h2-3,9-11,13,17,19-20H,4-8,12H2,1H3/b3-2+/t17-,19+,20+/m0/s1. The minimum Gasteiger partial charge on any atom is -0.337 e. The van der Waals surface area contributed by atoms with E-state index in [9.17, 15) is 13.6 Å². The number of allylic oxidation sites excluding steroid dienone is 1. The molecule has 5 rings (SSSR count). The van der Waals surface area contributed by atoms with E-state index in [-0.39, 0.29) is 23.9 Å². The molecule has 0 N–H and O–H groups in total. The van der Waals surface area contributed by atoms with E-state index >= 15 is 0 Å². The van der Waals surface area contributed by atoms with E-state index in [0.29, 0.717) is 24.4 Å². The van der Waals surface area contributed by atoms with Crippen molar-refractivity contribution in [2.75, 3.05) is 19.6 Å². The Morgan fingerprint density at radius 3 is 2.48 bits per heavy atom. The fraction of sp³-hybridized carbons (Fsp3) is 0.550. The van der Waals surface area contributed by atoms with Crippen molar-refractivity contribution in [3.63, 3.8) is 0 Å². The van der Waals surface area contributed by atoms with Crippen LogP contribution in [0.4, 0.5) is 8.78 Å². The molecule has 0 saturated carbocycles. The van der Waals surface area contributed by atoms with Gasteiger partial charge >= 0.3 is 0 Å². The van der Waals surface area contributed by atoms with Crippen molar-refractivity contribution in [3.05, 3.63) is 47.5 Å². The number of nitrogens with zero attached hydrogens (tertiary/aromatic N) is 2. The van der Waals surface area contributed by atoms with Crippen LogP contribution in [0.25, 0.3) is 0 Å². The molecule has 0 aromatic heterocycles. The first-order chi connectivity index (χ1) is 12.1. The summed E-state index contributed by atoms with van der Waals surface area (Å²) >= 11 is 0. The molecule has 1 aromatic carbocycles. The molecular formula is C20H24F2N2O. The Labute approximate surface area is 147 Å². The van der Waals surface area contributed by atoms with Crippen LogP contribution >= 0.6 is 0 Å². The zero-order valence-electron chi connectivity index (χ0n) is 14.5. The van der Waals surface area contributed by atoms with Crippen LogP contribution in [0.2, 0.25) is 0 Å². The molecule has 134 valence electrons. The molecule has 0 spiro atoms. The number of rotatable bonds is 3. The first kappa shape index (κ1) is 16.7. The van der Waals surface area contributed by atoms with Crippen molar-refractivity contribution in [3.8, 4) is 0 Å². The molecule has 3 atom stereocenters. The van der Waals surface area contributed by atoms with Gasteiger partial charge in [-0.3, -0.25) is 9.69 Å². The minimum absolute atomic E-state index is 0.0205. The second-order valence-electron chi connectivity index (χ2n) is 7.48. The molecule has 4 heterocycles. The van der Waals surface area contributed by atoms with Gasteiger partial charge in [-0.15, -0.1) is 0 Å². The Balaban J connectivity index is 1.69. The van der Waals surface area contributed by atoms with Gasteiger partial charge in [0.25, 0.3) is 0 Å². The van der Waals surface area contributed by atoms with E-state index in [2.05, 4.69) is 4.90 Å². The monoisotopic (exact) mass is 346 g/mol. The Kier molecular flexibility index (Phi) is 4.36. The fourth-order valence-corrected chi connectivity index (χ4v) is 5.12. The van der Waals surface area contributed by atoms with Gasteiger partial charge in [-0.25, -0.2) is 8.78 Å². The van der Waals surface area contributed by atoms with E-state index < -0.39 is 11.6 Å².